The predicted octanol–water partition coefficient (Wildman–Crippen LogP) is 4.36. The zero-order chi connectivity index (χ0) is 18.5. The van der Waals surface area contributed by atoms with Crippen molar-refractivity contribution in [1.29, 1.82) is 0 Å². The van der Waals surface area contributed by atoms with Gasteiger partial charge >= 0.3 is 6.01 Å². The first-order valence-electron chi connectivity index (χ1n) is 7.64. The molecule has 3 rings (SSSR count). The first-order valence-corrected chi connectivity index (χ1v) is 7.64. The van der Waals surface area contributed by atoms with Gasteiger partial charge in [0.15, 0.2) is 11.4 Å². The second-order valence-corrected chi connectivity index (χ2v) is 5.12. The number of phenols is 1. The Labute approximate surface area is 147 Å². The topological polar surface area (TPSA) is 139 Å². The number of hydrazone groups is 1. The molecule has 1 heterocycles. The number of fused-ring (bicyclic) bond motifs is 1. The maximum absolute atomic E-state index is 10.7. The third-order valence-electron chi connectivity index (χ3n) is 3.35. The molecule has 0 unspecified atom stereocenters. The average Bonchev–Trinajstić information content (AvgIpc) is 3.05. The normalized spacial score (nSPS) is 12.0. The van der Waals surface area contributed by atoms with Gasteiger partial charge in [-0.1, -0.05) is 24.2 Å². The van der Waals surface area contributed by atoms with Crippen LogP contribution >= 0.6 is 0 Å². The van der Waals surface area contributed by atoms with Crippen molar-refractivity contribution in [3.63, 3.8) is 0 Å². The number of nitrogens with zero attached hydrogens (tertiary/aromatic N) is 5. The molecule has 0 radical (unpaired) electrons. The van der Waals surface area contributed by atoms with E-state index in [-0.39, 0.29) is 23.1 Å². The average molecular weight is 354 g/mol. The van der Waals surface area contributed by atoms with Gasteiger partial charge < -0.3 is 9.52 Å². The molecule has 0 atom stereocenters. The highest BCUT2D eigenvalue weighted by Gasteiger charge is 2.10. The van der Waals surface area contributed by atoms with Crippen LogP contribution in [0.15, 0.2) is 62.2 Å². The Morgan fingerprint density at radius 1 is 1.35 bits per heavy atom. The number of amidine groups is 1. The summed E-state index contributed by atoms with van der Waals surface area (Å²) >= 11 is 0. The summed E-state index contributed by atoms with van der Waals surface area (Å²) in [5.41, 5.74) is 3.87. The molecule has 1 aromatic heterocycles. The van der Waals surface area contributed by atoms with Crippen molar-refractivity contribution in [1.82, 2.24) is 4.98 Å². The SMILES string of the molecule is CC/C(N=Nc1nc2ccccc2o1)=N/Nc1ccc([N+](=O)[O-])cc1O. The molecule has 10 heteroatoms. The van der Waals surface area contributed by atoms with Crippen LogP contribution in [-0.4, -0.2) is 20.8 Å². The smallest absolute Gasteiger partial charge is 0.342 e. The van der Waals surface area contributed by atoms with Gasteiger partial charge in [0.05, 0.1) is 16.7 Å². The number of hydrogen-bond donors (Lipinski definition) is 2. The van der Waals surface area contributed by atoms with Crippen LogP contribution in [0.4, 0.5) is 17.4 Å². The van der Waals surface area contributed by atoms with Crippen molar-refractivity contribution in [3.8, 4) is 5.75 Å². The Hall–Kier alpha value is -3.82. The monoisotopic (exact) mass is 354 g/mol. The molecule has 3 aromatic rings. The van der Waals surface area contributed by atoms with Crippen LogP contribution in [-0.2, 0) is 0 Å². The van der Waals surface area contributed by atoms with Crippen molar-refractivity contribution >= 4 is 34.3 Å². The molecular weight excluding hydrogens is 340 g/mol. The zero-order valence-corrected chi connectivity index (χ0v) is 13.7. The molecule has 0 spiro atoms. The Bertz CT molecular complexity index is 978. The molecule has 2 aromatic carbocycles. The van der Waals surface area contributed by atoms with Crippen molar-refractivity contribution in [2.75, 3.05) is 5.43 Å². The number of nitro benzene ring substituents is 1. The first-order chi connectivity index (χ1) is 12.6. The summed E-state index contributed by atoms with van der Waals surface area (Å²) in [4.78, 5) is 14.2. The third-order valence-corrected chi connectivity index (χ3v) is 3.35. The van der Waals surface area contributed by atoms with E-state index in [0.29, 0.717) is 23.4 Å². The largest absolute Gasteiger partial charge is 0.505 e. The Balaban J connectivity index is 1.74. The maximum Gasteiger partial charge on any atom is 0.342 e. The number of benzene rings is 2. The number of aromatic hydroxyl groups is 1. The van der Waals surface area contributed by atoms with E-state index >= 15 is 0 Å². The van der Waals surface area contributed by atoms with Crippen LogP contribution in [0.5, 0.6) is 5.75 Å². The quantitative estimate of drug-likeness (QED) is 0.174. The molecule has 0 saturated heterocycles. The summed E-state index contributed by atoms with van der Waals surface area (Å²) in [6.45, 7) is 1.82. The minimum Gasteiger partial charge on any atom is -0.505 e. The number of nitro groups is 1. The number of para-hydroxylation sites is 2. The van der Waals surface area contributed by atoms with Crippen LogP contribution in [0.1, 0.15) is 13.3 Å². The fourth-order valence-electron chi connectivity index (χ4n) is 2.03. The molecule has 132 valence electrons. The number of anilines is 1. The summed E-state index contributed by atoms with van der Waals surface area (Å²) < 4.78 is 5.43. The minimum absolute atomic E-state index is 0.102. The lowest BCUT2D eigenvalue weighted by Crippen LogP contribution is -1.98. The van der Waals surface area contributed by atoms with Gasteiger partial charge in [-0.05, 0) is 18.2 Å². The van der Waals surface area contributed by atoms with E-state index < -0.39 is 4.92 Å². The van der Waals surface area contributed by atoms with Gasteiger partial charge in [0.2, 0.25) is 0 Å². The molecule has 26 heavy (non-hydrogen) atoms. The number of azo groups is 1. The highest BCUT2D eigenvalue weighted by atomic mass is 16.6. The summed E-state index contributed by atoms with van der Waals surface area (Å²) in [7, 11) is 0. The number of non-ortho nitro benzene ring substituents is 1. The van der Waals surface area contributed by atoms with E-state index in [1.165, 1.54) is 12.1 Å². The molecule has 0 aliphatic rings. The van der Waals surface area contributed by atoms with Crippen molar-refractivity contribution < 1.29 is 14.4 Å². The molecule has 0 aliphatic heterocycles. The first kappa shape index (κ1) is 17.0. The maximum atomic E-state index is 10.7. The Kier molecular flexibility index (Phi) is 4.83. The predicted molar refractivity (Wildman–Crippen MR) is 94.6 cm³/mol. The minimum atomic E-state index is -0.598. The Morgan fingerprint density at radius 3 is 2.85 bits per heavy atom. The summed E-state index contributed by atoms with van der Waals surface area (Å²) in [6.07, 6.45) is 0.449. The van der Waals surface area contributed by atoms with Crippen molar-refractivity contribution in [2.24, 2.45) is 15.3 Å². The molecule has 0 amide bonds. The van der Waals surface area contributed by atoms with Gasteiger partial charge in [-0.15, -0.1) is 5.11 Å². The van der Waals surface area contributed by atoms with Gasteiger partial charge in [-0.3, -0.25) is 15.5 Å². The Morgan fingerprint density at radius 2 is 2.15 bits per heavy atom. The standard InChI is InChI=1S/C16H14N6O4/c1-2-15(19-18-11-8-7-10(22(24)25)9-13(11)23)20-21-16-17-12-5-3-4-6-14(12)26-16/h3-9,18,23H,2H2,1H3/b19-15-,21-20?. The van der Waals surface area contributed by atoms with Gasteiger partial charge in [0.1, 0.15) is 11.3 Å². The highest BCUT2D eigenvalue weighted by molar-refractivity contribution is 5.83. The van der Waals surface area contributed by atoms with E-state index in [4.69, 9.17) is 4.42 Å². The molecular formula is C16H14N6O4. The van der Waals surface area contributed by atoms with Crippen LogP contribution in [0.25, 0.3) is 11.1 Å². The van der Waals surface area contributed by atoms with Crippen LogP contribution in [0.3, 0.4) is 0 Å². The van der Waals surface area contributed by atoms with Crippen LogP contribution < -0.4 is 5.43 Å². The summed E-state index contributed by atoms with van der Waals surface area (Å²) in [5, 5.41) is 32.4. The lowest BCUT2D eigenvalue weighted by molar-refractivity contribution is -0.384. The van der Waals surface area contributed by atoms with Gasteiger partial charge in [0.25, 0.3) is 5.69 Å². The number of rotatable bonds is 5. The van der Waals surface area contributed by atoms with Crippen molar-refractivity contribution in [3.05, 3.63) is 52.6 Å². The number of oxazole rings is 1. The summed E-state index contributed by atoms with van der Waals surface area (Å²) in [6, 6.07) is 11.0. The molecule has 0 bridgehead atoms. The highest BCUT2D eigenvalue weighted by Crippen LogP contribution is 2.28. The zero-order valence-electron chi connectivity index (χ0n) is 13.7. The molecule has 0 fully saturated rings. The van der Waals surface area contributed by atoms with E-state index in [9.17, 15) is 15.2 Å². The number of phenolic OH excluding ortho intramolecular Hbond substituents is 1. The molecule has 10 nitrogen and oxygen atoms in total. The van der Waals surface area contributed by atoms with E-state index in [1.807, 2.05) is 19.1 Å². The molecule has 2 N–H and O–H groups in total. The molecule has 0 aliphatic carbocycles. The lowest BCUT2D eigenvalue weighted by Gasteiger charge is -2.03. The fourth-order valence-corrected chi connectivity index (χ4v) is 2.03. The second kappa shape index (κ2) is 7.38. The number of aromatic nitrogens is 1. The number of hydrogen-bond acceptors (Lipinski definition) is 8. The van der Waals surface area contributed by atoms with E-state index in [2.05, 4.69) is 25.7 Å². The fraction of sp³-hybridized carbons (Fsp3) is 0.125. The van der Waals surface area contributed by atoms with E-state index in [1.54, 1.807) is 12.1 Å². The number of nitrogens with one attached hydrogen (secondary N) is 1. The van der Waals surface area contributed by atoms with Gasteiger partial charge in [-0.25, -0.2) is 0 Å². The van der Waals surface area contributed by atoms with Gasteiger partial charge in [-0.2, -0.15) is 10.1 Å². The second-order valence-electron chi connectivity index (χ2n) is 5.12. The van der Waals surface area contributed by atoms with Crippen LogP contribution in [0.2, 0.25) is 0 Å². The van der Waals surface area contributed by atoms with E-state index in [0.717, 1.165) is 6.07 Å². The van der Waals surface area contributed by atoms with Gasteiger partial charge in [0, 0.05) is 12.5 Å². The van der Waals surface area contributed by atoms with Crippen molar-refractivity contribution in [2.45, 2.75) is 13.3 Å². The van der Waals surface area contributed by atoms with Crippen LogP contribution in [0, 0.1) is 10.1 Å². The lowest BCUT2D eigenvalue weighted by atomic mass is 10.2. The summed E-state index contributed by atoms with van der Waals surface area (Å²) in [5.74, 6) is 0.0271. The third kappa shape index (κ3) is 3.80. The molecule has 0 saturated carbocycles.